The van der Waals surface area contributed by atoms with Crippen LogP contribution in [-0.2, 0) is 4.74 Å². The number of hydrogen-bond donors (Lipinski definition) is 1. The first kappa shape index (κ1) is 13.5. The zero-order valence-corrected chi connectivity index (χ0v) is 12.0. The Balaban J connectivity index is 2.00. The van der Waals surface area contributed by atoms with Crippen LogP contribution >= 0.6 is 11.6 Å². The van der Waals surface area contributed by atoms with Gasteiger partial charge in [-0.1, -0.05) is 17.7 Å². The molecule has 0 aromatic heterocycles. The van der Waals surface area contributed by atoms with Gasteiger partial charge >= 0.3 is 0 Å². The molecular weight excluding hydrogens is 248 g/mol. The highest BCUT2D eigenvalue weighted by atomic mass is 35.5. The molecule has 4 heteroatoms. The van der Waals surface area contributed by atoms with Crippen LogP contribution in [0.5, 0.6) is 0 Å². The van der Waals surface area contributed by atoms with Gasteiger partial charge in [-0.2, -0.15) is 0 Å². The van der Waals surface area contributed by atoms with E-state index in [9.17, 15) is 0 Å². The molecule has 1 aliphatic carbocycles. The molecule has 1 N–H and O–H groups in total. The number of halogens is 1. The van der Waals surface area contributed by atoms with Crippen molar-refractivity contribution in [2.45, 2.75) is 31.9 Å². The average molecular weight is 269 g/mol. The van der Waals surface area contributed by atoms with E-state index < -0.39 is 0 Å². The normalized spacial score (nSPS) is 22.4. The molecule has 0 atom stereocenters. The lowest BCUT2D eigenvalue weighted by molar-refractivity contribution is 0.00300. The first-order chi connectivity index (χ1) is 8.61. The number of benzene rings is 1. The van der Waals surface area contributed by atoms with E-state index in [1.165, 1.54) is 0 Å². The summed E-state index contributed by atoms with van der Waals surface area (Å²) in [6.45, 7) is 2.85. The molecule has 1 aliphatic rings. The molecule has 0 unspecified atom stereocenters. The highest BCUT2D eigenvalue weighted by Gasteiger charge is 2.30. The summed E-state index contributed by atoms with van der Waals surface area (Å²) in [5, 5.41) is 4.33. The number of rotatable bonds is 5. The highest BCUT2D eigenvalue weighted by molar-refractivity contribution is 6.34. The van der Waals surface area contributed by atoms with Crippen LogP contribution < -0.4 is 10.2 Å². The Morgan fingerprint density at radius 2 is 2.11 bits per heavy atom. The Bertz CT molecular complexity index is 403. The van der Waals surface area contributed by atoms with E-state index in [0.717, 1.165) is 35.8 Å². The first-order valence-electron chi connectivity index (χ1n) is 6.45. The molecule has 100 valence electrons. The van der Waals surface area contributed by atoms with E-state index in [1.54, 1.807) is 0 Å². The molecule has 1 saturated carbocycles. The van der Waals surface area contributed by atoms with Crippen LogP contribution in [0.1, 0.15) is 19.8 Å². The summed E-state index contributed by atoms with van der Waals surface area (Å²) in [7, 11) is 4.02. The number of para-hydroxylation sites is 1. The molecule has 0 saturated heterocycles. The van der Waals surface area contributed by atoms with E-state index in [4.69, 9.17) is 16.3 Å². The lowest BCUT2D eigenvalue weighted by atomic mass is 9.89. The second-order valence-corrected chi connectivity index (χ2v) is 5.33. The van der Waals surface area contributed by atoms with Crippen LogP contribution in [-0.4, -0.2) is 32.8 Å². The minimum atomic E-state index is 0.425. The smallest absolute Gasteiger partial charge is 0.0786 e. The molecule has 1 fully saturated rings. The van der Waals surface area contributed by atoms with Crippen molar-refractivity contribution >= 4 is 23.0 Å². The van der Waals surface area contributed by atoms with Gasteiger partial charge in [0, 0.05) is 26.7 Å². The van der Waals surface area contributed by atoms with Crippen LogP contribution in [0.4, 0.5) is 11.4 Å². The summed E-state index contributed by atoms with van der Waals surface area (Å²) in [4.78, 5) is 2.04. The summed E-state index contributed by atoms with van der Waals surface area (Å²) < 4.78 is 5.57. The van der Waals surface area contributed by atoms with Crippen molar-refractivity contribution in [1.29, 1.82) is 0 Å². The third kappa shape index (κ3) is 2.90. The number of nitrogens with one attached hydrogen (secondary N) is 1. The van der Waals surface area contributed by atoms with Crippen LogP contribution in [0.15, 0.2) is 18.2 Å². The maximum absolute atomic E-state index is 6.24. The molecule has 1 aromatic rings. The number of hydrogen-bond acceptors (Lipinski definition) is 3. The third-order valence-corrected chi connectivity index (χ3v) is 3.60. The summed E-state index contributed by atoms with van der Waals surface area (Å²) in [6.07, 6.45) is 2.58. The van der Waals surface area contributed by atoms with Gasteiger partial charge < -0.3 is 15.0 Å². The Kier molecular flexibility index (Phi) is 4.36. The van der Waals surface area contributed by atoms with Gasteiger partial charge in [-0.05, 0) is 31.9 Å². The van der Waals surface area contributed by atoms with E-state index in [1.807, 2.05) is 38.1 Å². The minimum absolute atomic E-state index is 0.425. The van der Waals surface area contributed by atoms with Gasteiger partial charge in [-0.3, -0.25) is 0 Å². The Hall–Kier alpha value is -0.930. The average Bonchev–Trinajstić information content (AvgIpc) is 2.25. The summed E-state index contributed by atoms with van der Waals surface area (Å²) in [5.74, 6) is 0. The molecule has 0 aliphatic heterocycles. The van der Waals surface area contributed by atoms with Gasteiger partial charge in [0.05, 0.1) is 22.5 Å². The third-order valence-electron chi connectivity index (χ3n) is 3.29. The quantitative estimate of drug-likeness (QED) is 0.886. The molecule has 2 rings (SSSR count). The molecule has 3 nitrogen and oxygen atoms in total. The summed E-state index contributed by atoms with van der Waals surface area (Å²) >= 11 is 6.24. The van der Waals surface area contributed by atoms with E-state index in [0.29, 0.717) is 12.1 Å². The molecule has 0 amide bonds. The molecular formula is C14H21ClN2O. The summed E-state index contributed by atoms with van der Waals surface area (Å²) in [5.41, 5.74) is 2.16. The number of nitrogens with zero attached hydrogens (tertiary/aromatic N) is 1. The molecule has 0 bridgehead atoms. The van der Waals surface area contributed by atoms with Gasteiger partial charge in [0.15, 0.2) is 0 Å². The lowest BCUT2D eigenvalue weighted by Crippen LogP contribution is -2.41. The fourth-order valence-electron chi connectivity index (χ4n) is 2.36. The zero-order valence-electron chi connectivity index (χ0n) is 11.2. The SMILES string of the molecule is CCOC1CC(Nc2cccc(Cl)c2N(C)C)C1. The zero-order chi connectivity index (χ0) is 13.1. The predicted octanol–water partition coefficient (Wildman–Crippen LogP) is 3.39. The minimum Gasteiger partial charge on any atom is -0.380 e. The van der Waals surface area contributed by atoms with Crippen molar-refractivity contribution in [3.05, 3.63) is 23.2 Å². The topological polar surface area (TPSA) is 24.5 Å². The maximum atomic E-state index is 6.24. The van der Waals surface area contributed by atoms with Gasteiger partial charge in [0.1, 0.15) is 0 Å². The summed E-state index contributed by atoms with van der Waals surface area (Å²) in [6, 6.07) is 6.48. The maximum Gasteiger partial charge on any atom is 0.0786 e. The van der Waals surface area contributed by atoms with Crippen LogP contribution in [0.2, 0.25) is 5.02 Å². The van der Waals surface area contributed by atoms with Gasteiger partial charge in [0.2, 0.25) is 0 Å². The van der Waals surface area contributed by atoms with Crippen molar-refractivity contribution in [2.75, 3.05) is 30.9 Å². The van der Waals surface area contributed by atoms with Crippen molar-refractivity contribution in [3.63, 3.8) is 0 Å². The highest BCUT2D eigenvalue weighted by Crippen LogP contribution is 2.35. The second-order valence-electron chi connectivity index (χ2n) is 4.92. The monoisotopic (exact) mass is 268 g/mol. The van der Waals surface area contributed by atoms with Crippen LogP contribution in [0.3, 0.4) is 0 Å². The van der Waals surface area contributed by atoms with E-state index in [2.05, 4.69) is 11.4 Å². The number of anilines is 2. The second kappa shape index (κ2) is 5.81. The number of ether oxygens (including phenoxy) is 1. The molecule has 1 aromatic carbocycles. The van der Waals surface area contributed by atoms with E-state index >= 15 is 0 Å². The van der Waals surface area contributed by atoms with Crippen molar-refractivity contribution < 1.29 is 4.74 Å². The standard InChI is InChI=1S/C14H21ClN2O/c1-4-18-11-8-10(9-11)16-13-7-5-6-12(15)14(13)17(2)3/h5-7,10-11,16H,4,8-9H2,1-3H3. The largest absolute Gasteiger partial charge is 0.380 e. The van der Waals surface area contributed by atoms with Gasteiger partial charge in [-0.15, -0.1) is 0 Å². The lowest BCUT2D eigenvalue weighted by Gasteiger charge is -2.37. The first-order valence-corrected chi connectivity index (χ1v) is 6.83. The van der Waals surface area contributed by atoms with Crippen molar-refractivity contribution in [3.8, 4) is 0 Å². The Labute approximate surface area is 114 Å². The van der Waals surface area contributed by atoms with Gasteiger partial charge in [0.25, 0.3) is 0 Å². The fraction of sp³-hybridized carbons (Fsp3) is 0.571. The predicted molar refractivity (Wildman–Crippen MR) is 77.8 cm³/mol. The van der Waals surface area contributed by atoms with Crippen LogP contribution in [0, 0.1) is 0 Å². The molecule has 0 heterocycles. The Morgan fingerprint density at radius 3 is 2.72 bits per heavy atom. The van der Waals surface area contributed by atoms with Crippen molar-refractivity contribution in [1.82, 2.24) is 0 Å². The van der Waals surface area contributed by atoms with Crippen LogP contribution in [0.25, 0.3) is 0 Å². The molecule has 0 spiro atoms. The molecule has 0 radical (unpaired) electrons. The Morgan fingerprint density at radius 1 is 1.39 bits per heavy atom. The van der Waals surface area contributed by atoms with Gasteiger partial charge in [-0.25, -0.2) is 0 Å². The fourth-order valence-corrected chi connectivity index (χ4v) is 2.71. The van der Waals surface area contributed by atoms with Crippen molar-refractivity contribution in [2.24, 2.45) is 0 Å². The molecule has 18 heavy (non-hydrogen) atoms. The van der Waals surface area contributed by atoms with E-state index in [-0.39, 0.29) is 0 Å².